The molecule has 32 heavy (non-hydrogen) atoms. The molecule has 1 saturated heterocycles. The number of ether oxygens (including phenoxy) is 1. The number of carbonyl (C=O) groups excluding carboxylic acids is 2. The highest BCUT2D eigenvalue weighted by molar-refractivity contribution is 7.16. The lowest BCUT2D eigenvalue weighted by Crippen LogP contribution is -2.40. The van der Waals surface area contributed by atoms with Crippen LogP contribution in [0.2, 0.25) is 5.02 Å². The van der Waals surface area contributed by atoms with Gasteiger partial charge in [0.1, 0.15) is 5.00 Å². The van der Waals surface area contributed by atoms with Gasteiger partial charge < -0.3 is 10.1 Å². The van der Waals surface area contributed by atoms with Crippen molar-refractivity contribution in [2.75, 3.05) is 25.0 Å². The van der Waals surface area contributed by atoms with Gasteiger partial charge in [-0.3, -0.25) is 14.5 Å². The zero-order valence-electron chi connectivity index (χ0n) is 18.8. The van der Waals surface area contributed by atoms with E-state index in [4.69, 9.17) is 16.3 Å². The molecule has 0 saturated carbocycles. The molecule has 2 heterocycles. The van der Waals surface area contributed by atoms with Crippen LogP contribution in [0.3, 0.4) is 0 Å². The van der Waals surface area contributed by atoms with Crippen LogP contribution >= 0.6 is 22.9 Å². The average Bonchev–Trinajstić information content (AvgIpc) is 3.12. The standard InChI is InChI=1S/C25H31ClN2O3S/c1-3-31-25(30)17-11-13-28(14-12-17)23(18-7-6-8-19(26)15-18)22-20-9-4-5-10-21(20)32-24(22)27-16(2)29/h6-8,15,17,23H,3-5,9-14H2,1-2H3,(H,27,29)/t23-/m0/s1. The number of nitrogens with zero attached hydrogens (tertiary/aromatic N) is 1. The van der Waals surface area contributed by atoms with Crippen molar-refractivity contribution < 1.29 is 14.3 Å². The van der Waals surface area contributed by atoms with Gasteiger partial charge in [-0.15, -0.1) is 11.3 Å². The van der Waals surface area contributed by atoms with Crippen LogP contribution in [0.4, 0.5) is 5.00 Å². The molecule has 4 rings (SSSR count). The van der Waals surface area contributed by atoms with Crippen LogP contribution in [0.5, 0.6) is 0 Å². The molecule has 7 heteroatoms. The largest absolute Gasteiger partial charge is 0.466 e. The van der Waals surface area contributed by atoms with Crippen molar-refractivity contribution in [3.05, 3.63) is 50.9 Å². The Kier molecular flexibility index (Phi) is 7.54. The molecule has 1 atom stereocenters. The predicted molar refractivity (Wildman–Crippen MR) is 129 cm³/mol. The number of carbonyl (C=O) groups is 2. The Morgan fingerprint density at radius 2 is 2.00 bits per heavy atom. The monoisotopic (exact) mass is 474 g/mol. The molecule has 5 nitrogen and oxygen atoms in total. The molecule has 1 aromatic heterocycles. The van der Waals surface area contributed by atoms with E-state index in [0.29, 0.717) is 11.6 Å². The van der Waals surface area contributed by atoms with E-state index in [1.165, 1.54) is 28.8 Å². The predicted octanol–water partition coefficient (Wildman–Crippen LogP) is 5.60. The van der Waals surface area contributed by atoms with Crippen molar-refractivity contribution in [3.63, 3.8) is 0 Å². The Balaban J connectivity index is 1.73. The number of nitrogens with one attached hydrogen (secondary N) is 1. The van der Waals surface area contributed by atoms with Gasteiger partial charge in [0.15, 0.2) is 0 Å². The lowest BCUT2D eigenvalue weighted by atomic mass is 9.87. The van der Waals surface area contributed by atoms with Crippen molar-refractivity contribution in [2.24, 2.45) is 5.92 Å². The number of piperidine rings is 1. The lowest BCUT2D eigenvalue weighted by molar-refractivity contribution is -0.149. The van der Waals surface area contributed by atoms with Crippen LogP contribution < -0.4 is 5.32 Å². The van der Waals surface area contributed by atoms with Crippen LogP contribution in [0, 0.1) is 5.92 Å². The SMILES string of the molecule is CCOC(=O)C1CCN([C@@H](c2cccc(Cl)c2)c2c(NC(C)=O)sc3c2CCCC3)CC1. The van der Waals surface area contributed by atoms with Gasteiger partial charge in [-0.1, -0.05) is 23.7 Å². The summed E-state index contributed by atoms with van der Waals surface area (Å²) in [5.74, 6) is -0.175. The Morgan fingerprint density at radius 3 is 2.69 bits per heavy atom. The van der Waals surface area contributed by atoms with Gasteiger partial charge in [-0.2, -0.15) is 0 Å². The van der Waals surface area contributed by atoms with Crippen LogP contribution in [0.1, 0.15) is 67.1 Å². The Bertz CT molecular complexity index is 982. The van der Waals surface area contributed by atoms with E-state index in [9.17, 15) is 9.59 Å². The molecule has 2 aromatic rings. The van der Waals surface area contributed by atoms with Crippen molar-refractivity contribution in [3.8, 4) is 0 Å². The highest BCUT2D eigenvalue weighted by Gasteiger charge is 2.35. The zero-order valence-corrected chi connectivity index (χ0v) is 20.4. The third-order valence-corrected chi connectivity index (χ3v) is 7.91. The highest BCUT2D eigenvalue weighted by atomic mass is 35.5. The lowest BCUT2D eigenvalue weighted by Gasteiger charge is -2.38. The van der Waals surface area contributed by atoms with Crippen LogP contribution in [0.25, 0.3) is 0 Å². The summed E-state index contributed by atoms with van der Waals surface area (Å²) >= 11 is 8.14. The fraction of sp³-hybridized carbons (Fsp3) is 0.520. The number of hydrogen-bond donors (Lipinski definition) is 1. The second-order valence-electron chi connectivity index (χ2n) is 8.65. The minimum atomic E-state index is -0.0849. The van der Waals surface area contributed by atoms with E-state index in [1.54, 1.807) is 18.3 Å². The number of rotatable bonds is 6. The molecule has 0 unspecified atom stereocenters. The minimum Gasteiger partial charge on any atom is -0.466 e. The van der Waals surface area contributed by atoms with Crippen molar-refractivity contribution in [1.29, 1.82) is 0 Å². The maximum atomic E-state index is 12.3. The maximum Gasteiger partial charge on any atom is 0.309 e. The number of amides is 1. The summed E-state index contributed by atoms with van der Waals surface area (Å²) in [6.45, 7) is 5.44. The van der Waals surface area contributed by atoms with Crippen molar-refractivity contribution in [2.45, 2.75) is 58.4 Å². The smallest absolute Gasteiger partial charge is 0.309 e. The molecule has 1 amide bonds. The van der Waals surface area contributed by atoms with Gasteiger partial charge in [0.2, 0.25) is 5.91 Å². The highest BCUT2D eigenvalue weighted by Crippen LogP contribution is 2.46. The molecule has 0 bridgehead atoms. The topological polar surface area (TPSA) is 58.6 Å². The number of benzene rings is 1. The Morgan fingerprint density at radius 1 is 1.25 bits per heavy atom. The van der Waals surface area contributed by atoms with Gasteiger partial charge in [0.05, 0.1) is 18.6 Å². The van der Waals surface area contributed by atoms with Crippen molar-refractivity contribution >= 4 is 39.8 Å². The number of anilines is 1. The number of esters is 1. The summed E-state index contributed by atoms with van der Waals surface area (Å²) in [5.41, 5.74) is 3.74. The van der Waals surface area contributed by atoms with Gasteiger partial charge >= 0.3 is 5.97 Å². The van der Waals surface area contributed by atoms with E-state index in [-0.39, 0.29) is 23.8 Å². The second kappa shape index (κ2) is 10.4. The normalized spacial score (nSPS) is 18.1. The Labute approximate surface area is 199 Å². The van der Waals surface area contributed by atoms with Crippen LogP contribution in [0.15, 0.2) is 24.3 Å². The number of fused-ring (bicyclic) bond motifs is 1. The minimum absolute atomic E-state index is 0.00297. The van der Waals surface area contributed by atoms with Gasteiger partial charge in [0.25, 0.3) is 0 Å². The third kappa shape index (κ3) is 5.03. The molecule has 1 aliphatic carbocycles. The van der Waals surface area contributed by atoms with Crippen LogP contribution in [-0.4, -0.2) is 36.5 Å². The summed E-state index contributed by atoms with van der Waals surface area (Å²) in [6, 6.07) is 8.04. The molecule has 1 fully saturated rings. The average molecular weight is 475 g/mol. The number of hydrogen-bond acceptors (Lipinski definition) is 5. The van der Waals surface area contributed by atoms with Gasteiger partial charge in [-0.05, 0) is 81.8 Å². The van der Waals surface area contributed by atoms with E-state index in [1.807, 2.05) is 25.1 Å². The first kappa shape index (κ1) is 23.3. The number of halogens is 1. The van der Waals surface area contributed by atoms with Crippen molar-refractivity contribution in [1.82, 2.24) is 4.90 Å². The second-order valence-corrected chi connectivity index (χ2v) is 10.2. The van der Waals surface area contributed by atoms with E-state index < -0.39 is 0 Å². The number of aryl methyl sites for hydroxylation is 1. The molecule has 1 aliphatic heterocycles. The molecule has 1 N–H and O–H groups in total. The molecule has 172 valence electrons. The molecule has 1 aromatic carbocycles. The van der Waals surface area contributed by atoms with E-state index >= 15 is 0 Å². The maximum absolute atomic E-state index is 12.3. The third-order valence-electron chi connectivity index (χ3n) is 6.45. The summed E-state index contributed by atoms with van der Waals surface area (Å²) in [7, 11) is 0. The zero-order chi connectivity index (χ0) is 22.7. The molecular formula is C25H31ClN2O3S. The summed E-state index contributed by atoms with van der Waals surface area (Å²) < 4.78 is 5.27. The molecule has 0 spiro atoms. The fourth-order valence-corrected chi connectivity index (χ4v) is 6.59. The van der Waals surface area contributed by atoms with E-state index in [0.717, 1.165) is 49.3 Å². The molecule has 2 aliphatic rings. The fourth-order valence-electron chi connectivity index (χ4n) is 5.02. The summed E-state index contributed by atoms with van der Waals surface area (Å²) in [4.78, 5) is 28.2. The van der Waals surface area contributed by atoms with Crippen LogP contribution in [-0.2, 0) is 27.2 Å². The first-order valence-electron chi connectivity index (χ1n) is 11.6. The quantitative estimate of drug-likeness (QED) is 0.553. The molecular weight excluding hydrogens is 444 g/mol. The first-order valence-corrected chi connectivity index (χ1v) is 12.8. The Hall–Kier alpha value is -1.89. The number of thiophene rings is 1. The summed E-state index contributed by atoms with van der Waals surface area (Å²) in [5, 5.41) is 4.79. The number of likely N-dealkylation sites (tertiary alicyclic amines) is 1. The van der Waals surface area contributed by atoms with Gasteiger partial charge in [-0.25, -0.2) is 0 Å². The summed E-state index contributed by atoms with van der Waals surface area (Å²) in [6.07, 6.45) is 6.02. The van der Waals surface area contributed by atoms with E-state index in [2.05, 4.69) is 16.3 Å². The van der Waals surface area contributed by atoms with Gasteiger partial charge in [0, 0.05) is 22.4 Å². The first-order chi connectivity index (χ1) is 15.5. The molecule has 0 radical (unpaired) electrons.